The van der Waals surface area contributed by atoms with Crippen LogP contribution in [-0.2, 0) is 9.47 Å². The molecule has 8 nitrogen and oxygen atoms in total. The molecule has 0 fully saturated rings. The molecule has 0 aliphatic carbocycles. The van der Waals surface area contributed by atoms with E-state index in [0.717, 1.165) is 10.4 Å². The van der Waals surface area contributed by atoms with Crippen molar-refractivity contribution >= 4 is 28.3 Å². The van der Waals surface area contributed by atoms with E-state index in [1.54, 1.807) is 13.2 Å². The highest BCUT2D eigenvalue weighted by Crippen LogP contribution is 2.35. The van der Waals surface area contributed by atoms with E-state index in [0.29, 0.717) is 37.2 Å². The molecule has 9 heteroatoms. The Labute approximate surface area is 155 Å². The molecule has 1 aromatic heterocycles. The number of anilines is 1. The smallest absolute Gasteiger partial charge is 0.317 e. The van der Waals surface area contributed by atoms with E-state index in [1.807, 2.05) is 24.3 Å². The molecule has 2 aromatic rings. The van der Waals surface area contributed by atoms with Gasteiger partial charge < -0.3 is 25.7 Å². The minimum absolute atomic E-state index is 0.220. The summed E-state index contributed by atoms with van der Waals surface area (Å²) < 4.78 is 15.8. The van der Waals surface area contributed by atoms with Gasteiger partial charge in [0.1, 0.15) is 17.4 Å². The Balaban J connectivity index is 1.99. The summed E-state index contributed by atoms with van der Waals surface area (Å²) in [6.45, 7) is 1.98. The Morgan fingerprint density at radius 2 is 1.77 bits per heavy atom. The number of hydrogen-bond acceptors (Lipinski definition) is 6. The molecule has 0 aliphatic heterocycles. The lowest BCUT2D eigenvalue weighted by Gasteiger charge is -2.07. The van der Waals surface area contributed by atoms with Gasteiger partial charge in [-0.3, -0.25) is 10.1 Å². The molecule has 1 heterocycles. The van der Waals surface area contributed by atoms with Crippen molar-refractivity contribution < 1.29 is 23.8 Å². The van der Waals surface area contributed by atoms with E-state index in [-0.39, 0.29) is 5.56 Å². The number of carbonyl (C=O) groups excluding carboxylic acids is 2. The largest absolute Gasteiger partial charge is 0.491 e. The van der Waals surface area contributed by atoms with Crippen molar-refractivity contribution in [2.24, 2.45) is 11.5 Å². The molecule has 140 valence electrons. The highest BCUT2D eigenvalue weighted by Gasteiger charge is 2.16. The normalized spacial score (nSPS) is 10.5. The fourth-order valence-electron chi connectivity index (χ4n) is 2.10. The maximum absolute atomic E-state index is 11.5. The van der Waals surface area contributed by atoms with Gasteiger partial charge in [-0.25, -0.2) is 4.79 Å². The molecule has 0 bridgehead atoms. The number of hydrogen-bond donors (Lipinski definition) is 3. The zero-order valence-electron chi connectivity index (χ0n) is 14.3. The Kier molecular flexibility index (Phi) is 7.39. The SMILES string of the molecule is COCCOCCOc1ccc(-c2cc(C(N)=O)c(NC(N)=O)s2)cc1. The average Bonchev–Trinajstić information content (AvgIpc) is 3.02. The van der Waals surface area contributed by atoms with E-state index >= 15 is 0 Å². The number of primary amides is 2. The lowest BCUT2D eigenvalue weighted by molar-refractivity contribution is 0.0544. The van der Waals surface area contributed by atoms with Crippen molar-refractivity contribution in [2.45, 2.75) is 0 Å². The third kappa shape index (κ3) is 5.73. The highest BCUT2D eigenvalue weighted by molar-refractivity contribution is 7.20. The summed E-state index contributed by atoms with van der Waals surface area (Å²) in [5, 5.41) is 2.74. The predicted octanol–water partition coefficient (Wildman–Crippen LogP) is 2.05. The summed E-state index contributed by atoms with van der Waals surface area (Å²) in [6.07, 6.45) is 0. The van der Waals surface area contributed by atoms with Crippen LogP contribution >= 0.6 is 11.3 Å². The van der Waals surface area contributed by atoms with Crippen LogP contribution in [0.1, 0.15) is 10.4 Å². The van der Waals surface area contributed by atoms with Gasteiger partial charge in [-0.15, -0.1) is 11.3 Å². The molecule has 0 radical (unpaired) electrons. The number of urea groups is 1. The van der Waals surface area contributed by atoms with Crippen LogP contribution in [0.4, 0.5) is 9.80 Å². The summed E-state index contributed by atoms with van der Waals surface area (Å²) >= 11 is 1.22. The lowest BCUT2D eigenvalue weighted by Crippen LogP contribution is -2.21. The molecular formula is C17H21N3O5S. The molecule has 0 spiro atoms. The molecule has 2 rings (SSSR count). The van der Waals surface area contributed by atoms with Crippen molar-refractivity contribution in [2.75, 3.05) is 38.9 Å². The third-order valence-corrected chi connectivity index (χ3v) is 4.40. The van der Waals surface area contributed by atoms with Gasteiger partial charge in [0.15, 0.2) is 0 Å². The van der Waals surface area contributed by atoms with Gasteiger partial charge in [-0.2, -0.15) is 0 Å². The van der Waals surface area contributed by atoms with Gasteiger partial charge in [0, 0.05) is 12.0 Å². The van der Waals surface area contributed by atoms with E-state index in [2.05, 4.69) is 5.32 Å². The molecule has 0 atom stereocenters. The first kappa shape index (κ1) is 19.7. The first-order valence-electron chi connectivity index (χ1n) is 7.81. The summed E-state index contributed by atoms with van der Waals surface area (Å²) in [7, 11) is 1.62. The lowest BCUT2D eigenvalue weighted by atomic mass is 10.1. The van der Waals surface area contributed by atoms with E-state index < -0.39 is 11.9 Å². The first-order chi connectivity index (χ1) is 12.5. The van der Waals surface area contributed by atoms with Crippen molar-refractivity contribution in [1.29, 1.82) is 0 Å². The zero-order valence-corrected chi connectivity index (χ0v) is 15.1. The van der Waals surface area contributed by atoms with Crippen LogP contribution in [0.15, 0.2) is 30.3 Å². The van der Waals surface area contributed by atoms with Crippen molar-refractivity contribution in [1.82, 2.24) is 0 Å². The summed E-state index contributed by atoms with van der Waals surface area (Å²) in [6, 6.07) is 8.21. The molecular weight excluding hydrogens is 358 g/mol. The second-order valence-electron chi connectivity index (χ2n) is 5.18. The standard InChI is InChI=1S/C17H21N3O5S/c1-23-6-7-24-8-9-25-12-4-2-11(3-5-12)14-10-13(15(18)21)16(26-14)20-17(19)22/h2-5,10H,6-9H2,1H3,(H2,18,21)(H3,19,20,22). The third-order valence-electron chi connectivity index (χ3n) is 3.30. The number of amides is 3. The first-order valence-corrected chi connectivity index (χ1v) is 8.63. The molecule has 0 unspecified atom stereocenters. The topological polar surface area (TPSA) is 126 Å². The second kappa shape index (κ2) is 9.76. The molecule has 1 aromatic carbocycles. The van der Waals surface area contributed by atoms with E-state index in [9.17, 15) is 9.59 Å². The molecule has 3 amide bonds. The fraction of sp³-hybridized carbons (Fsp3) is 0.294. The maximum atomic E-state index is 11.5. The summed E-state index contributed by atoms with van der Waals surface area (Å²) in [4.78, 5) is 23.3. The molecule has 0 saturated heterocycles. The van der Waals surface area contributed by atoms with E-state index in [1.165, 1.54) is 11.3 Å². The minimum Gasteiger partial charge on any atom is -0.491 e. The van der Waals surface area contributed by atoms with Crippen LogP contribution in [0.25, 0.3) is 10.4 Å². The number of ether oxygens (including phenoxy) is 3. The fourth-order valence-corrected chi connectivity index (χ4v) is 3.17. The summed E-state index contributed by atoms with van der Waals surface area (Å²) in [5.41, 5.74) is 11.5. The van der Waals surface area contributed by atoms with Crippen LogP contribution in [0, 0.1) is 0 Å². The Morgan fingerprint density at radius 3 is 2.38 bits per heavy atom. The van der Waals surface area contributed by atoms with Crippen LogP contribution in [0.3, 0.4) is 0 Å². The Hall–Kier alpha value is -2.62. The number of nitrogens with two attached hydrogens (primary N) is 2. The Bertz CT molecular complexity index is 745. The zero-order chi connectivity index (χ0) is 18.9. The molecule has 5 N–H and O–H groups in total. The van der Waals surface area contributed by atoms with Crippen LogP contribution in [0.2, 0.25) is 0 Å². The highest BCUT2D eigenvalue weighted by atomic mass is 32.1. The van der Waals surface area contributed by atoms with Gasteiger partial charge in [0.25, 0.3) is 5.91 Å². The van der Waals surface area contributed by atoms with Crippen LogP contribution in [-0.4, -0.2) is 45.5 Å². The van der Waals surface area contributed by atoms with Gasteiger partial charge in [-0.05, 0) is 35.9 Å². The van der Waals surface area contributed by atoms with Gasteiger partial charge in [-0.1, -0.05) is 0 Å². The number of nitrogens with one attached hydrogen (secondary N) is 1. The number of thiophene rings is 1. The monoisotopic (exact) mass is 379 g/mol. The number of benzene rings is 1. The molecule has 26 heavy (non-hydrogen) atoms. The molecule has 0 aliphatic rings. The number of rotatable bonds is 10. The predicted molar refractivity (Wildman–Crippen MR) is 99.7 cm³/mol. The Morgan fingerprint density at radius 1 is 1.08 bits per heavy atom. The average molecular weight is 379 g/mol. The summed E-state index contributed by atoms with van der Waals surface area (Å²) in [5.74, 6) is 0.0657. The van der Waals surface area contributed by atoms with Crippen molar-refractivity contribution in [3.63, 3.8) is 0 Å². The minimum atomic E-state index is -0.752. The van der Waals surface area contributed by atoms with Crippen molar-refractivity contribution in [3.05, 3.63) is 35.9 Å². The van der Waals surface area contributed by atoms with Crippen molar-refractivity contribution in [3.8, 4) is 16.2 Å². The van der Waals surface area contributed by atoms with Crippen LogP contribution < -0.4 is 21.5 Å². The molecule has 0 saturated carbocycles. The quantitative estimate of drug-likeness (QED) is 0.545. The van der Waals surface area contributed by atoms with Crippen LogP contribution in [0.5, 0.6) is 5.75 Å². The number of methoxy groups -OCH3 is 1. The van der Waals surface area contributed by atoms with E-state index in [4.69, 9.17) is 25.7 Å². The van der Waals surface area contributed by atoms with Gasteiger partial charge in [0.05, 0.1) is 25.4 Å². The van der Waals surface area contributed by atoms with Gasteiger partial charge in [0.2, 0.25) is 0 Å². The number of carbonyl (C=O) groups is 2. The van der Waals surface area contributed by atoms with Gasteiger partial charge >= 0.3 is 6.03 Å². The maximum Gasteiger partial charge on any atom is 0.317 e. The second-order valence-corrected chi connectivity index (χ2v) is 6.24.